The van der Waals surface area contributed by atoms with Crippen LogP contribution in [0.4, 0.5) is 0 Å². The van der Waals surface area contributed by atoms with Crippen LogP contribution in [0, 0.1) is 11.8 Å². The second-order valence-corrected chi connectivity index (χ2v) is 10.6. The average molecular weight is 528 g/mol. The molecule has 1 fully saturated rings. The number of hydrogen-bond donors (Lipinski definition) is 1. The summed E-state index contributed by atoms with van der Waals surface area (Å²) in [7, 11) is 1.61. The lowest BCUT2D eigenvalue weighted by Gasteiger charge is -2.35. The number of hydrogen-bond acceptors (Lipinski definition) is 4. The molecule has 2 heterocycles. The molecule has 3 atom stereocenters. The summed E-state index contributed by atoms with van der Waals surface area (Å²) in [5.41, 5.74) is 2.20. The maximum absolute atomic E-state index is 13.4. The predicted octanol–water partition coefficient (Wildman–Crippen LogP) is 4.64. The number of likely N-dealkylation sites (tertiary alicyclic amines) is 1. The lowest BCUT2D eigenvalue weighted by atomic mass is 9.92. The maximum Gasteiger partial charge on any atom is 0.255 e. The number of methoxy groups -OCH3 is 1. The molecule has 1 saturated heterocycles. The molecular formula is C27H34BrN3O3. The predicted molar refractivity (Wildman–Crippen MR) is 137 cm³/mol. The Balaban J connectivity index is 1.45. The van der Waals surface area contributed by atoms with E-state index >= 15 is 0 Å². The summed E-state index contributed by atoms with van der Waals surface area (Å²) in [4.78, 5) is 30.8. The zero-order valence-corrected chi connectivity index (χ0v) is 21.8. The first-order valence-corrected chi connectivity index (χ1v) is 12.9. The van der Waals surface area contributed by atoms with Gasteiger partial charge in [-0.1, -0.05) is 48.0 Å². The van der Waals surface area contributed by atoms with E-state index in [1.54, 1.807) is 18.1 Å². The number of halogens is 1. The number of ether oxygens (including phenoxy) is 1. The Bertz CT molecular complexity index is 1030. The highest BCUT2D eigenvalue weighted by molar-refractivity contribution is 9.10. The summed E-state index contributed by atoms with van der Waals surface area (Å²) in [5, 5.41) is 3.10. The smallest absolute Gasteiger partial charge is 0.255 e. The van der Waals surface area contributed by atoms with E-state index in [2.05, 4.69) is 40.0 Å². The number of amides is 2. The van der Waals surface area contributed by atoms with E-state index in [0.29, 0.717) is 17.9 Å². The Kier molecular flexibility index (Phi) is 7.94. The molecule has 182 valence electrons. The molecule has 0 unspecified atom stereocenters. The van der Waals surface area contributed by atoms with Crippen LogP contribution >= 0.6 is 15.9 Å². The second kappa shape index (κ2) is 10.9. The van der Waals surface area contributed by atoms with Crippen molar-refractivity contribution >= 4 is 27.7 Å². The minimum atomic E-state index is -0.651. The van der Waals surface area contributed by atoms with Crippen molar-refractivity contribution in [1.82, 2.24) is 15.1 Å². The molecule has 0 bridgehead atoms. The van der Waals surface area contributed by atoms with Crippen LogP contribution < -0.4 is 10.1 Å². The highest BCUT2D eigenvalue weighted by Crippen LogP contribution is 2.36. The average Bonchev–Trinajstić information content (AvgIpc) is 3.08. The Morgan fingerprint density at radius 2 is 1.88 bits per heavy atom. The van der Waals surface area contributed by atoms with Gasteiger partial charge in [-0.3, -0.25) is 9.59 Å². The molecule has 2 aromatic carbocycles. The molecule has 0 radical (unpaired) electrons. The number of nitrogens with zero attached hydrogens (tertiary/aromatic N) is 2. The summed E-state index contributed by atoms with van der Waals surface area (Å²) in [5.74, 6) is 1.88. The highest BCUT2D eigenvalue weighted by atomic mass is 79.9. The zero-order chi connectivity index (χ0) is 24.2. The summed E-state index contributed by atoms with van der Waals surface area (Å²) < 4.78 is 6.40. The van der Waals surface area contributed by atoms with Crippen molar-refractivity contribution in [3.63, 3.8) is 0 Å². The first kappa shape index (κ1) is 24.7. The molecule has 1 N–H and O–H groups in total. The molecule has 34 heavy (non-hydrogen) atoms. The highest BCUT2D eigenvalue weighted by Gasteiger charge is 2.41. The number of piperidine rings is 1. The molecule has 2 aliphatic rings. The van der Waals surface area contributed by atoms with Crippen LogP contribution in [0.5, 0.6) is 5.75 Å². The fraction of sp³-hybridized carbons (Fsp3) is 0.481. The summed E-state index contributed by atoms with van der Waals surface area (Å²) in [6.07, 6.45) is 2.19. The first-order chi connectivity index (χ1) is 16.4. The van der Waals surface area contributed by atoms with Gasteiger partial charge in [0, 0.05) is 35.2 Å². The Morgan fingerprint density at radius 3 is 2.62 bits per heavy atom. The van der Waals surface area contributed by atoms with Crippen molar-refractivity contribution in [3.8, 4) is 5.75 Å². The van der Waals surface area contributed by atoms with E-state index in [1.165, 1.54) is 6.42 Å². The Hall–Kier alpha value is -2.38. The largest absolute Gasteiger partial charge is 0.496 e. The number of benzene rings is 2. The molecule has 2 aliphatic heterocycles. The van der Waals surface area contributed by atoms with Gasteiger partial charge in [0.2, 0.25) is 5.91 Å². The van der Waals surface area contributed by atoms with E-state index in [1.807, 2.05) is 36.4 Å². The number of carbonyl (C=O) groups excluding carboxylic acids is 2. The molecular weight excluding hydrogens is 494 g/mol. The topological polar surface area (TPSA) is 61.9 Å². The molecule has 0 saturated carbocycles. The van der Waals surface area contributed by atoms with Gasteiger partial charge in [-0.2, -0.15) is 0 Å². The van der Waals surface area contributed by atoms with Crippen molar-refractivity contribution in [2.45, 2.75) is 39.3 Å². The van der Waals surface area contributed by atoms with Gasteiger partial charge >= 0.3 is 0 Å². The van der Waals surface area contributed by atoms with Gasteiger partial charge in [0.1, 0.15) is 11.8 Å². The lowest BCUT2D eigenvalue weighted by molar-refractivity contribution is -0.125. The van der Waals surface area contributed by atoms with E-state index in [4.69, 9.17) is 4.74 Å². The zero-order valence-electron chi connectivity index (χ0n) is 20.2. The van der Waals surface area contributed by atoms with Crippen molar-refractivity contribution in [2.75, 3.05) is 33.3 Å². The third-order valence-corrected chi connectivity index (χ3v) is 7.28. The Labute approximate surface area is 210 Å². The molecule has 2 amide bonds. The minimum Gasteiger partial charge on any atom is -0.496 e. The SMILES string of the molecule is COc1ccc(Br)cc1CN1C(=O)c2ccccc2[C@H]1C(=O)NCCCN1C[C@H](C)C[C@H](C)C1. The molecule has 7 heteroatoms. The molecule has 0 spiro atoms. The van der Waals surface area contributed by atoms with E-state index in [-0.39, 0.29) is 18.4 Å². The van der Waals surface area contributed by atoms with Crippen molar-refractivity contribution < 1.29 is 14.3 Å². The molecule has 6 nitrogen and oxygen atoms in total. The standard InChI is InChI=1S/C27H34BrN3O3/c1-18-13-19(2)16-30(15-18)12-6-11-29-26(32)25-22-7-4-5-8-23(22)27(33)31(25)17-20-14-21(28)9-10-24(20)34-3/h4-5,7-10,14,18-19,25H,6,11-13,15-17H2,1-3H3,(H,29,32)/t18-,19+,25-/m0/s1. The quantitative estimate of drug-likeness (QED) is 0.508. The van der Waals surface area contributed by atoms with Gasteiger partial charge in [0.05, 0.1) is 13.7 Å². The lowest BCUT2D eigenvalue weighted by Crippen LogP contribution is -2.41. The van der Waals surface area contributed by atoms with Gasteiger partial charge in [0.25, 0.3) is 5.91 Å². The summed E-state index contributed by atoms with van der Waals surface area (Å²) >= 11 is 3.50. The van der Waals surface area contributed by atoms with E-state index < -0.39 is 6.04 Å². The minimum absolute atomic E-state index is 0.130. The number of nitrogens with one attached hydrogen (secondary N) is 1. The maximum atomic E-state index is 13.4. The van der Waals surface area contributed by atoms with Gasteiger partial charge in [0.15, 0.2) is 0 Å². The molecule has 0 aromatic heterocycles. The third kappa shape index (κ3) is 5.47. The van der Waals surface area contributed by atoms with Crippen molar-refractivity contribution in [1.29, 1.82) is 0 Å². The van der Waals surface area contributed by atoms with Crippen molar-refractivity contribution in [2.24, 2.45) is 11.8 Å². The third-order valence-electron chi connectivity index (χ3n) is 6.78. The van der Waals surface area contributed by atoms with Crippen LogP contribution in [0.1, 0.15) is 54.2 Å². The number of fused-ring (bicyclic) bond motifs is 1. The summed E-state index contributed by atoms with van der Waals surface area (Å²) in [6, 6.07) is 12.5. The van der Waals surface area contributed by atoms with Gasteiger partial charge < -0.3 is 19.9 Å². The van der Waals surface area contributed by atoms with E-state index in [9.17, 15) is 9.59 Å². The fourth-order valence-corrected chi connectivity index (χ4v) is 5.86. The molecule has 2 aromatic rings. The first-order valence-electron chi connectivity index (χ1n) is 12.1. The van der Waals surface area contributed by atoms with Crippen LogP contribution in [0.25, 0.3) is 0 Å². The molecule has 4 rings (SSSR count). The van der Waals surface area contributed by atoms with Gasteiger partial charge in [-0.15, -0.1) is 0 Å². The van der Waals surface area contributed by atoms with Crippen LogP contribution in [0.3, 0.4) is 0 Å². The molecule has 0 aliphatic carbocycles. The number of rotatable bonds is 8. The van der Waals surface area contributed by atoms with Crippen LogP contribution in [-0.2, 0) is 11.3 Å². The van der Waals surface area contributed by atoms with Crippen LogP contribution in [0.2, 0.25) is 0 Å². The number of carbonyl (C=O) groups is 2. The fourth-order valence-electron chi connectivity index (χ4n) is 5.46. The summed E-state index contributed by atoms with van der Waals surface area (Å²) in [6.45, 7) is 8.75. The normalized spacial score (nSPS) is 22.5. The van der Waals surface area contributed by atoms with Crippen molar-refractivity contribution in [3.05, 3.63) is 63.6 Å². The Morgan fingerprint density at radius 1 is 1.15 bits per heavy atom. The second-order valence-electron chi connectivity index (χ2n) is 9.73. The monoisotopic (exact) mass is 527 g/mol. The van der Waals surface area contributed by atoms with E-state index in [0.717, 1.165) is 53.5 Å². The van der Waals surface area contributed by atoms with Crippen LogP contribution in [0.15, 0.2) is 46.9 Å². The van der Waals surface area contributed by atoms with Gasteiger partial charge in [-0.25, -0.2) is 0 Å². The van der Waals surface area contributed by atoms with Crippen LogP contribution in [-0.4, -0.2) is 54.9 Å². The van der Waals surface area contributed by atoms with Gasteiger partial charge in [-0.05, 0) is 61.1 Å².